The Bertz CT molecular complexity index is 1630. The van der Waals surface area contributed by atoms with E-state index in [1.54, 1.807) is 72.8 Å². The van der Waals surface area contributed by atoms with Crippen molar-refractivity contribution in [3.63, 3.8) is 0 Å². The lowest BCUT2D eigenvalue weighted by Gasteiger charge is -2.27. The second kappa shape index (κ2) is 12.0. The number of aryl methyl sites for hydroxylation is 1. The number of thiol groups is 2. The maximum atomic E-state index is 12.7. The first-order valence-electron chi connectivity index (χ1n) is 11.7. The van der Waals surface area contributed by atoms with E-state index in [9.17, 15) is 26.7 Å². The molecule has 204 valence electrons. The van der Waals surface area contributed by atoms with Gasteiger partial charge in [0.05, 0.1) is 37.0 Å². The number of hydrogen-bond donors (Lipinski definition) is 3. The molecule has 0 aliphatic heterocycles. The van der Waals surface area contributed by atoms with Crippen molar-refractivity contribution in [3.05, 3.63) is 84.4 Å². The lowest BCUT2D eigenvalue weighted by atomic mass is 9.98. The van der Waals surface area contributed by atoms with Gasteiger partial charge in [0.2, 0.25) is 21.8 Å². The van der Waals surface area contributed by atoms with Gasteiger partial charge in [-0.1, -0.05) is 24.3 Å². The van der Waals surface area contributed by atoms with Gasteiger partial charge in [0.15, 0.2) is 0 Å². The van der Waals surface area contributed by atoms with Crippen molar-refractivity contribution in [2.75, 3.05) is 22.8 Å². The molecule has 39 heavy (non-hydrogen) atoms. The molecule has 4 aromatic carbocycles. The molecule has 0 aromatic heterocycles. The third-order valence-electron chi connectivity index (χ3n) is 6.08. The molecule has 0 aliphatic rings. The first kappa shape index (κ1) is 27.7. The average Bonchev–Trinajstić information content (AvgIpc) is 2.93. The van der Waals surface area contributed by atoms with Crippen molar-refractivity contribution < 1.29 is 36.2 Å². The second-order valence-corrected chi connectivity index (χ2v) is 10.1. The minimum absolute atomic E-state index is 0.0512. The third-order valence-corrected chi connectivity index (χ3v) is 7.61. The molecule has 0 fully saturated rings. The van der Waals surface area contributed by atoms with E-state index in [1.165, 1.54) is 20.3 Å². The van der Waals surface area contributed by atoms with Crippen molar-refractivity contribution in [1.82, 2.24) is 0 Å². The van der Waals surface area contributed by atoms with Gasteiger partial charge >= 0.3 is 5.97 Å². The molecule has 0 saturated carbocycles. The van der Waals surface area contributed by atoms with Gasteiger partial charge in [-0.05, 0) is 66.6 Å². The van der Waals surface area contributed by atoms with Crippen LogP contribution in [0.25, 0.3) is 10.8 Å². The van der Waals surface area contributed by atoms with Gasteiger partial charge < -0.3 is 14.6 Å². The van der Waals surface area contributed by atoms with Crippen molar-refractivity contribution in [2.45, 2.75) is 12.8 Å². The Morgan fingerprint density at radius 1 is 0.744 bits per heavy atom. The van der Waals surface area contributed by atoms with Crippen LogP contribution in [-0.2, 0) is 33.0 Å². The molecule has 0 radical (unpaired) electrons. The quantitative estimate of drug-likeness (QED) is 0.229. The van der Waals surface area contributed by atoms with E-state index in [-0.39, 0.29) is 24.2 Å². The molecule has 0 heterocycles. The van der Waals surface area contributed by atoms with Crippen LogP contribution in [0.4, 0.5) is 22.7 Å². The van der Waals surface area contributed by atoms with E-state index >= 15 is 0 Å². The van der Waals surface area contributed by atoms with Crippen LogP contribution in [0, 0.1) is 0 Å². The van der Waals surface area contributed by atoms with Crippen LogP contribution in [-0.4, -0.2) is 42.1 Å². The fraction of sp³-hybridized carbons (Fsp3) is 0.148. The number of benzene rings is 4. The Hall–Kier alpha value is -4.29. The maximum Gasteiger partial charge on any atom is 0.303 e. The van der Waals surface area contributed by atoms with Crippen LogP contribution in [0.2, 0.25) is 0 Å². The number of carboxylic acid groups (broad SMARTS) is 1. The van der Waals surface area contributed by atoms with Gasteiger partial charge in [-0.3, -0.25) is 4.79 Å². The number of rotatable bonds is 11. The molecule has 0 atom stereocenters. The van der Waals surface area contributed by atoms with Gasteiger partial charge in [-0.2, -0.15) is 0 Å². The molecular weight excluding hydrogens is 544 g/mol. The smallest absolute Gasteiger partial charge is 0.303 e. The lowest BCUT2D eigenvalue weighted by Crippen LogP contribution is -2.19. The number of ether oxygens (including phenoxy) is 2. The summed E-state index contributed by atoms with van der Waals surface area (Å²) in [5, 5.41) is 10.3. The summed E-state index contributed by atoms with van der Waals surface area (Å²) < 4.78 is 63.2. The van der Waals surface area contributed by atoms with E-state index in [1.807, 2.05) is 0 Å². The average molecular weight is 571 g/mol. The van der Waals surface area contributed by atoms with Crippen LogP contribution < -0.4 is 18.1 Å². The number of hydrogen-bond acceptors (Lipinski definition) is 7. The van der Waals surface area contributed by atoms with E-state index in [0.29, 0.717) is 39.2 Å². The fourth-order valence-corrected chi connectivity index (χ4v) is 5.71. The Morgan fingerprint density at radius 2 is 1.23 bits per heavy atom. The molecule has 12 heteroatoms. The Morgan fingerprint density at radius 3 is 1.69 bits per heavy atom. The van der Waals surface area contributed by atoms with Gasteiger partial charge in [-0.25, -0.2) is 25.4 Å². The third kappa shape index (κ3) is 5.91. The van der Waals surface area contributed by atoms with Crippen molar-refractivity contribution in [1.29, 1.82) is 0 Å². The second-order valence-electron chi connectivity index (χ2n) is 8.34. The van der Waals surface area contributed by atoms with Gasteiger partial charge in [-0.15, -0.1) is 0 Å². The predicted molar refractivity (Wildman–Crippen MR) is 151 cm³/mol. The van der Waals surface area contributed by atoms with Crippen LogP contribution in [0.15, 0.2) is 78.9 Å². The van der Waals surface area contributed by atoms with E-state index in [2.05, 4.69) is 0 Å². The fourth-order valence-electron chi connectivity index (χ4n) is 4.33. The molecule has 4 rings (SSSR count). The topological polar surface area (TPSA) is 131 Å². The summed E-state index contributed by atoms with van der Waals surface area (Å²) in [5.41, 5.74) is 1.48. The minimum atomic E-state index is -3.23. The highest BCUT2D eigenvalue weighted by Gasteiger charge is 2.25. The van der Waals surface area contributed by atoms with Crippen LogP contribution in [0.1, 0.15) is 12.0 Å². The van der Waals surface area contributed by atoms with Crippen molar-refractivity contribution in [3.8, 4) is 11.5 Å². The summed E-state index contributed by atoms with van der Waals surface area (Å²) in [4.78, 5) is 11.5. The number of methoxy groups -OCH3 is 2. The first-order valence-corrected chi connectivity index (χ1v) is 13.9. The number of carbonyl (C=O) groups is 1. The van der Waals surface area contributed by atoms with E-state index < -0.39 is 27.7 Å². The minimum Gasteiger partial charge on any atom is -0.497 e. The molecule has 0 amide bonds. The number of nitrogens with zero attached hydrogens (tertiary/aromatic N) is 2. The highest BCUT2D eigenvalue weighted by atomic mass is 32.2. The van der Waals surface area contributed by atoms with Crippen LogP contribution >= 0.6 is 0 Å². The monoisotopic (exact) mass is 570 g/mol. The van der Waals surface area contributed by atoms with Crippen LogP contribution in [0.3, 0.4) is 0 Å². The van der Waals surface area contributed by atoms with Gasteiger partial charge in [0.1, 0.15) is 11.5 Å². The highest BCUT2D eigenvalue weighted by Crippen LogP contribution is 2.43. The summed E-state index contributed by atoms with van der Waals surface area (Å²) in [6.45, 7) is 0. The molecule has 1 N–H and O–H groups in total. The summed E-state index contributed by atoms with van der Waals surface area (Å²) in [7, 11) is -3.44. The zero-order chi connectivity index (χ0) is 28.1. The molecular formula is C27H26N2O8S2. The molecule has 10 nitrogen and oxygen atoms in total. The molecule has 0 aliphatic carbocycles. The molecule has 0 bridgehead atoms. The molecule has 0 saturated heterocycles. The zero-order valence-corrected chi connectivity index (χ0v) is 22.8. The lowest BCUT2D eigenvalue weighted by molar-refractivity contribution is -0.136. The summed E-state index contributed by atoms with van der Waals surface area (Å²) >= 11 is 0. The number of anilines is 4. The first-order chi connectivity index (χ1) is 18.7. The van der Waals surface area contributed by atoms with Crippen molar-refractivity contribution >= 4 is 61.3 Å². The molecule has 4 aromatic rings. The Labute approximate surface area is 228 Å². The van der Waals surface area contributed by atoms with Crippen LogP contribution in [0.5, 0.6) is 11.5 Å². The Kier molecular flexibility index (Phi) is 8.57. The highest BCUT2D eigenvalue weighted by molar-refractivity contribution is 7.74. The normalized spacial score (nSPS) is 11.1. The molecule has 0 unspecified atom stereocenters. The van der Waals surface area contributed by atoms with E-state index in [0.717, 1.165) is 8.61 Å². The Balaban J connectivity index is 2.03. The van der Waals surface area contributed by atoms with E-state index in [4.69, 9.17) is 9.47 Å². The zero-order valence-electron chi connectivity index (χ0n) is 21.0. The van der Waals surface area contributed by atoms with Crippen molar-refractivity contribution in [2.24, 2.45) is 0 Å². The van der Waals surface area contributed by atoms with Gasteiger partial charge in [0.25, 0.3) is 0 Å². The molecule has 0 spiro atoms. The van der Waals surface area contributed by atoms with Gasteiger partial charge in [0, 0.05) is 17.2 Å². The predicted octanol–water partition coefficient (Wildman–Crippen LogP) is 4.20. The maximum absolute atomic E-state index is 12.7. The largest absolute Gasteiger partial charge is 0.497 e. The summed E-state index contributed by atoms with van der Waals surface area (Å²) in [5.74, 6) is -0.0165. The number of fused-ring (bicyclic) bond motifs is 1. The number of aliphatic carboxylic acids is 1. The summed E-state index contributed by atoms with van der Waals surface area (Å²) in [6, 6.07) is 21.1. The SMILES string of the molecule is COc1ccc(N(c2cc(CCC(=O)O)c(N(c3ccc(OC)cc3)[SH](=O)=O)c3ccccc23)[SH](=O)=O)cc1. The standard InChI is InChI=1S/C27H26N2O8S2/c1-36-21-12-8-19(9-13-21)28(38(32)33)25-17-18(7-16-26(30)31)27(24-6-4-3-5-23(24)25)29(39(34)35)20-10-14-22(37-2)15-11-20/h3-6,8-15,17,38-39H,7,16H2,1-2H3,(H,30,31). The summed E-state index contributed by atoms with van der Waals surface area (Å²) in [6.07, 6.45) is -0.354. The number of carboxylic acids is 1.